The van der Waals surface area contributed by atoms with Crippen LogP contribution >= 0.6 is 12.6 Å². The van der Waals surface area contributed by atoms with Crippen LogP contribution in [0.5, 0.6) is 0 Å². The molecule has 1 aliphatic rings. The first-order chi connectivity index (χ1) is 8.72. The molecule has 0 radical (unpaired) electrons. The van der Waals surface area contributed by atoms with Crippen LogP contribution in [0.3, 0.4) is 0 Å². The summed E-state index contributed by atoms with van der Waals surface area (Å²) in [5.41, 5.74) is 0.954. The van der Waals surface area contributed by atoms with Crippen molar-refractivity contribution >= 4 is 24.2 Å². The molecule has 0 bridgehead atoms. The van der Waals surface area contributed by atoms with Gasteiger partial charge in [0.1, 0.15) is 5.82 Å². The minimum absolute atomic E-state index is 0.254. The number of halogens is 1. The zero-order valence-electron chi connectivity index (χ0n) is 10.2. The molecular formula is C13H17FN2OS. The van der Waals surface area contributed by atoms with E-state index in [1.807, 2.05) is 4.90 Å². The maximum absolute atomic E-state index is 13.9. The lowest BCUT2D eigenvalue weighted by Gasteiger charge is -2.18. The summed E-state index contributed by atoms with van der Waals surface area (Å²) >= 11 is 4.01. The van der Waals surface area contributed by atoms with E-state index in [1.54, 1.807) is 12.1 Å². The average molecular weight is 268 g/mol. The van der Waals surface area contributed by atoms with Gasteiger partial charge >= 0.3 is 0 Å². The molecule has 0 atom stereocenters. The second-order valence-corrected chi connectivity index (χ2v) is 4.79. The van der Waals surface area contributed by atoms with Gasteiger partial charge in [0.25, 0.3) is 5.91 Å². The summed E-state index contributed by atoms with van der Waals surface area (Å²) < 4.78 is 13.9. The number of rotatable bonds is 4. The van der Waals surface area contributed by atoms with Gasteiger partial charge in [-0.1, -0.05) is 0 Å². The summed E-state index contributed by atoms with van der Waals surface area (Å²) in [6, 6.07) is 4.67. The number of anilines is 1. The minimum atomic E-state index is -0.324. The van der Waals surface area contributed by atoms with Crippen molar-refractivity contribution in [1.29, 1.82) is 0 Å². The number of hydrogen-bond donors (Lipinski definition) is 2. The standard InChI is InChI=1S/C13H17FN2OS/c14-11-9-10(13(17)15-5-8-18)3-4-12(11)16-6-1-2-7-16/h3-4,9,18H,1-2,5-8H2,(H,15,17). The number of carbonyl (C=O) groups excluding carboxylic acids is 1. The van der Waals surface area contributed by atoms with E-state index < -0.39 is 0 Å². The Labute approximate surface area is 112 Å². The molecule has 98 valence electrons. The van der Waals surface area contributed by atoms with Crippen LogP contribution in [0.25, 0.3) is 0 Å². The number of thiol groups is 1. The topological polar surface area (TPSA) is 32.3 Å². The lowest BCUT2D eigenvalue weighted by molar-refractivity contribution is 0.0956. The van der Waals surface area contributed by atoms with Crippen LogP contribution < -0.4 is 10.2 Å². The second-order valence-electron chi connectivity index (χ2n) is 4.34. The first-order valence-corrected chi connectivity index (χ1v) is 6.79. The largest absolute Gasteiger partial charge is 0.369 e. The Balaban J connectivity index is 2.11. The molecule has 1 aliphatic heterocycles. The summed E-state index contributed by atoms with van der Waals surface area (Å²) in [7, 11) is 0. The monoisotopic (exact) mass is 268 g/mol. The van der Waals surface area contributed by atoms with Gasteiger partial charge in [-0.3, -0.25) is 4.79 Å². The molecule has 1 aromatic rings. The highest BCUT2D eigenvalue weighted by molar-refractivity contribution is 7.80. The maximum Gasteiger partial charge on any atom is 0.251 e. The molecule has 5 heteroatoms. The van der Waals surface area contributed by atoms with Crippen molar-refractivity contribution in [2.24, 2.45) is 0 Å². The smallest absolute Gasteiger partial charge is 0.251 e. The first-order valence-electron chi connectivity index (χ1n) is 6.16. The molecule has 1 saturated heterocycles. The Morgan fingerprint density at radius 2 is 2.11 bits per heavy atom. The normalized spacial score (nSPS) is 14.9. The molecule has 3 nitrogen and oxygen atoms in total. The van der Waals surface area contributed by atoms with Crippen molar-refractivity contribution in [3.8, 4) is 0 Å². The summed E-state index contributed by atoms with van der Waals surface area (Å²) in [5, 5.41) is 2.67. The summed E-state index contributed by atoms with van der Waals surface area (Å²) in [6.45, 7) is 2.27. The number of carbonyl (C=O) groups is 1. The van der Waals surface area contributed by atoms with Gasteiger partial charge < -0.3 is 10.2 Å². The third-order valence-corrected chi connectivity index (χ3v) is 3.28. The van der Waals surface area contributed by atoms with E-state index in [2.05, 4.69) is 17.9 Å². The summed E-state index contributed by atoms with van der Waals surface area (Å²) in [4.78, 5) is 13.7. The van der Waals surface area contributed by atoms with Gasteiger partial charge in [-0.25, -0.2) is 4.39 Å². The van der Waals surface area contributed by atoms with Crippen LogP contribution in [0.15, 0.2) is 18.2 Å². The van der Waals surface area contributed by atoms with E-state index in [-0.39, 0.29) is 11.7 Å². The van der Waals surface area contributed by atoms with Crippen LogP contribution in [0.1, 0.15) is 23.2 Å². The number of hydrogen-bond acceptors (Lipinski definition) is 3. The van der Waals surface area contributed by atoms with Gasteiger partial charge in [0, 0.05) is 31.0 Å². The predicted molar refractivity (Wildman–Crippen MR) is 74.0 cm³/mol. The summed E-state index contributed by atoms with van der Waals surface area (Å²) in [5.74, 6) is -0.00793. The highest BCUT2D eigenvalue weighted by Crippen LogP contribution is 2.24. The molecule has 18 heavy (non-hydrogen) atoms. The van der Waals surface area contributed by atoms with Crippen molar-refractivity contribution < 1.29 is 9.18 Å². The predicted octanol–water partition coefficient (Wildman–Crippen LogP) is 2.09. The van der Waals surface area contributed by atoms with E-state index in [1.165, 1.54) is 6.07 Å². The van der Waals surface area contributed by atoms with Crippen LogP contribution in [0.4, 0.5) is 10.1 Å². The molecule has 1 fully saturated rings. The van der Waals surface area contributed by atoms with Crippen molar-refractivity contribution in [2.75, 3.05) is 30.3 Å². The Morgan fingerprint density at radius 1 is 1.39 bits per heavy atom. The Morgan fingerprint density at radius 3 is 2.72 bits per heavy atom. The molecule has 0 saturated carbocycles. The van der Waals surface area contributed by atoms with Crippen molar-refractivity contribution in [1.82, 2.24) is 5.32 Å². The van der Waals surface area contributed by atoms with Crippen LogP contribution in [-0.4, -0.2) is 31.3 Å². The lowest BCUT2D eigenvalue weighted by Crippen LogP contribution is -2.26. The zero-order chi connectivity index (χ0) is 13.0. The van der Waals surface area contributed by atoms with Crippen LogP contribution in [0, 0.1) is 5.82 Å². The van der Waals surface area contributed by atoms with Crippen LogP contribution in [-0.2, 0) is 0 Å². The lowest BCUT2D eigenvalue weighted by atomic mass is 10.1. The maximum atomic E-state index is 13.9. The Kier molecular flexibility index (Phi) is 4.47. The van der Waals surface area contributed by atoms with Gasteiger partial charge in [0.2, 0.25) is 0 Å². The molecule has 1 N–H and O–H groups in total. The van der Waals surface area contributed by atoms with Gasteiger partial charge in [0.15, 0.2) is 0 Å². The fraction of sp³-hybridized carbons (Fsp3) is 0.462. The molecule has 1 amide bonds. The van der Waals surface area contributed by atoms with Crippen molar-refractivity contribution in [3.63, 3.8) is 0 Å². The minimum Gasteiger partial charge on any atom is -0.369 e. The van der Waals surface area contributed by atoms with Crippen LogP contribution in [0.2, 0.25) is 0 Å². The Bertz CT molecular complexity index is 433. The molecule has 2 rings (SSSR count). The molecule has 1 heterocycles. The third-order valence-electron chi connectivity index (χ3n) is 3.05. The highest BCUT2D eigenvalue weighted by Gasteiger charge is 2.17. The molecule has 0 aromatic heterocycles. The summed E-state index contributed by atoms with van der Waals surface area (Å²) in [6.07, 6.45) is 2.20. The van der Waals surface area contributed by atoms with Gasteiger partial charge in [-0.05, 0) is 31.0 Å². The number of nitrogens with zero attached hydrogens (tertiary/aromatic N) is 1. The highest BCUT2D eigenvalue weighted by atomic mass is 32.1. The quantitative estimate of drug-likeness (QED) is 0.820. The zero-order valence-corrected chi connectivity index (χ0v) is 11.0. The fourth-order valence-electron chi connectivity index (χ4n) is 2.13. The van der Waals surface area contributed by atoms with Gasteiger partial charge in [0.05, 0.1) is 5.69 Å². The molecular weight excluding hydrogens is 251 g/mol. The van der Waals surface area contributed by atoms with E-state index in [0.29, 0.717) is 23.5 Å². The van der Waals surface area contributed by atoms with E-state index in [0.717, 1.165) is 25.9 Å². The molecule has 0 aliphatic carbocycles. The molecule has 0 spiro atoms. The van der Waals surface area contributed by atoms with E-state index in [9.17, 15) is 9.18 Å². The van der Waals surface area contributed by atoms with E-state index in [4.69, 9.17) is 0 Å². The number of nitrogens with one attached hydrogen (secondary N) is 1. The Hall–Kier alpha value is -1.23. The first kappa shape index (κ1) is 13.2. The second kappa shape index (κ2) is 6.09. The fourth-order valence-corrected chi connectivity index (χ4v) is 2.25. The van der Waals surface area contributed by atoms with Gasteiger partial charge in [-0.2, -0.15) is 12.6 Å². The third kappa shape index (κ3) is 2.96. The molecule has 0 unspecified atom stereocenters. The van der Waals surface area contributed by atoms with E-state index >= 15 is 0 Å². The SMILES string of the molecule is O=C(NCCS)c1ccc(N2CCCC2)c(F)c1. The number of amides is 1. The molecule has 1 aromatic carbocycles. The van der Waals surface area contributed by atoms with Crippen molar-refractivity contribution in [2.45, 2.75) is 12.8 Å². The van der Waals surface area contributed by atoms with Crippen molar-refractivity contribution in [3.05, 3.63) is 29.6 Å². The average Bonchev–Trinajstić information content (AvgIpc) is 2.89. The van der Waals surface area contributed by atoms with Gasteiger partial charge in [-0.15, -0.1) is 0 Å². The number of benzene rings is 1.